The fraction of sp³-hybridized carbons (Fsp3) is 0.200. The zero-order valence-corrected chi connectivity index (χ0v) is 26.4. The summed E-state index contributed by atoms with van der Waals surface area (Å²) in [7, 11) is 0. The van der Waals surface area contributed by atoms with Crippen LogP contribution in [0.5, 0.6) is 5.75 Å². The smallest absolute Gasteiger partial charge is 0.338 e. The molecule has 258 valence electrons. The molecule has 17 nitrogen and oxygen atoms in total. The van der Waals surface area contributed by atoms with Gasteiger partial charge in [0.1, 0.15) is 17.1 Å². The fourth-order valence-corrected chi connectivity index (χ4v) is 5.84. The minimum Gasteiger partial charge on any atom is -0.506 e. The highest BCUT2D eigenvalue weighted by Gasteiger charge is 2.31. The summed E-state index contributed by atoms with van der Waals surface area (Å²) in [6.07, 6.45) is 0. The number of carboxylic acid groups (broad SMARTS) is 5. The van der Waals surface area contributed by atoms with E-state index in [4.69, 9.17) is 39.1 Å². The Hall–Kier alpha value is -5.62. The van der Waals surface area contributed by atoms with Crippen LogP contribution in [-0.4, -0.2) is 96.5 Å². The summed E-state index contributed by atoms with van der Waals surface area (Å²) in [5, 5.41) is 58.1. The Morgan fingerprint density at radius 3 is 1.73 bits per heavy atom. The van der Waals surface area contributed by atoms with Crippen molar-refractivity contribution >= 4 is 75.4 Å². The van der Waals surface area contributed by atoms with Crippen LogP contribution < -0.4 is 16.9 Å². The SMILES string of the molecule is Nc1ccc(-c2c3cc(Cl)c(=O)c(CN(CC(=O)O)CC(=O)O)c-3oc3c(CN(CC(=O)O)CC(=O)O)c(O)c(Cl)cc23)c(C(=O)O)c1N. The molecule has 0 saturated carbocycles. The van der Waals surface area contributed by atoms with Gasteiger partial charge in [-0.1, -0.05) is 29.3 Å². The Morgan fingerprint density at radius 1 is 0.735 bits per heavy atom. The lowest BCUT2D eigenvalue weighted by Gasteiger charge is -2.25. The largest absolute Gasteiger partial charge is 0.506 e. The van der Waals surface area contributed by atoms with Crippen molar-refractivity contribution in [1.82, 2.24) is 9.80 Å². The summed E-state index contributed by atoms with van der Waals surface area (Å²) < 4.78 is 6.19. The van der Waals surface area contributed by atoms with Crippen molar-refractivity contribution in [2.24, 2.45) is 0 Å². The van der Waals surface area contributed by atoms with Crippen molar-refractivity contribution in [3.8, 4) is 28.2 Å². The first kappa shape index (κ1) is 36.2. The molecule has 0 aromatic heterocycles. The second-order valence-corrected chi connectivity index (χ2v) is 11.6. The monoisotopic (exact) mass is 720 g/mol. The number of phenolic OH excluding ortho intramolecular Hbond substituents is 1. The van der Waals surface area contributed by atoms with Crippen LogP contribution in [0.3, 0.4) is 0 Å². The van der Waals surface area contributed by atoms with E-state index in [-0.39, 0.29) is 60.9 Å². The molecule has 1 heterocycles. The molecule has 0 saturated heterocycles. The number of aromatic carboxylic acids is 1. The van der Waals surface area contributed by atoms with Crippen molar-refractivity contribution in [1.29, 1.82) is 0 Å². The number of aliphatic carboxylic acids is 4. The lowest BCUT2D eigenvalue weighted by atomic mass is 9.87. The third kappa shape index (κ3) is 7.60. The van der Waals surface area contributed by atoms with Crippen LogP contribution in [0.15, 0.2) is 33.5 Å². The van der Waals surface area contributed by atoms with Crippen LogP contribution in [0, 0.1) is 0 Å². The minimum atomic E-state index is -1.54. The van der Waals surface area contributed by atoms with Crippen LogP contribution in [0.2, 0.25) is 10.0 Å². The second-order valence-electron chi connectivity index (χ2n) is 10.7. The van der Waals surface area contributed by atoms with Crippen molar-refractivity contribution < 1.29 is 59.0 Å². The average Bonchev–Trinajstić information content (AvgIpc) is 2.97. The predicted molar refractivity (Wildman–Crippen MR) is 173 cm³/mol. The first-order valence-electron chi connectivity index (χ1n) is 13.8. The zero-order valence-electron chi connectivity index (χ0n) is 24.9. The number of hydrogen-bond acceptors (Lipinski definition) is 12. The minimum absolute atomic E-state index is 0.0452. The van der Waals surface area contributed by atoms with Gasteiger partial charge in [0.25, 0.3) is 0 Å². The summed E-state index contributed by atoms with van der Waals surface area (Å²) in [4.78, 5) is 74.2. The number of carboxylic acids is 5. The highest BCUT2D eigenvalue weighted by molar-refractivity contribution is 6.33. The number of rotatable bonds is 14. The standard InChI is InChI=1S/C30H26Cl2N4O13/c31-16-3-12-23(11-1-2-18(33)25(34)24(11)30(47)48)13-4-17(32)27(46)15(6-36(9-21(41)42)10-22(43)44)29(13)49-28(12)14(26(16)45)5-35(7-19(37)38)8-20(39)40/h1-4,45H,5-10,33-34H2,(H,37,38)(H,39,40)(H,41,42)(H,43,44)(H,47,48). The zero-order chi connectivity index (χ0) is 36.5. The lowest BCUT2D eigenvalue weighted by molar-refractivity contribution is -0.144. The number of benzene rings is 3. The molecule has 2 aliphatic rings. The maximum Gasteiger partial charge on any atom is 0.338 e. The molecule has 1 aliphatic heterocycles. The van der Waals surface area contributed by atoms with Gasteiger partial charge < -0.3 is 46.5 Å². The van der Waals surface area contributed by atoms with E-state index in [0.29, 0.717) is 0 Å². The molecule has 0 spiro atoms. The number of aromatic hydroxyl groups is 1. The van der Waals surface area contributed by atoms with Crippen LogP contribution in [0.4, 0.5) is 11.4 Å². The third-order valence-electron chi connectivity index (χ3n) is 7.29. The first-order chi connectivity index (χ1) is 22.9. The van der Waals surface area contributed by atoms with Crippen LogP contribution in [-0.2, 0) is 32.3 Å². The normalized spacial score (nSPS) is 11.4. The predicted octanol–water partition coefficient (Wildman–Crippen LogP) is 2.38. The molecule has 0 radical (unpaired) electrons. The number of nitrogen functional groups attached to an aromatic ring is 2. The Morgan fingerprint density at radius 2 is 1.24 bits per heavy atom. The topological polar surface area (TPSA) is 295 Å². The molecular formula is C30H26Cl2N4O13. The van der Waals surface area contributed by atoms with Gasteiger partial charge in [0.2, 0.25) is 5.43 Å². The van der Waals surface area contributed by atoms with E-state index in [1.54, 1.807) is 0 Å². The molecule has 49 heavy (non-hydrogen) atoms. The Balaban J connectivity index is 2.24. The fourth-order valence-electron chi connectivity index (χ4n) is 5.40. The van der Waals surface area contributed by atoms with E-state index < -0.39 is 90.9 Å². The van der Waals surface area contributed by atoms with Gasteiger partial charge in [0.15, 0.2) is 0 Å². The average molecular weight is 721 g/mol. The van der Waals surface area contributed by atoms with Crippen LogP contribution >= 0.6 is 23.2 Å². The van der Waals surface area contributed by atoms with Gasteiger partial charge in [0.05, 0.1) is 64.3 Å². The molecule has 0 unspecified atom stereocenters. The second kappa shape index (κ2) is 14.2. The van der Waals surface area contributed by atoms with Gasteiger partial charge in [-0.15, -0.1) is 0 Å². The van der Waals surface area contributed by atoms with Crippen molar-refractivity contribution in [3.05, 3.63) is 61.2 Å². The third-order valence-corrected chi connectivity index (χ3v) is 7.86. The Labute approximate surface area is 284 Å². The number of halogens is 2. The molecule has 0 atom stereocenters. The maximum absolute atomic E-state index is 13.5. The van der Waals surface area contributed by atoms with E-state index in [0.717, 1.165) is 15.9 Å². The number of nitrogens with two attached hydrogens (primary N) is 2. The van der Waals surface area contributed by atoms with E-state index >= 15 is 0 Å². The number of nitrogens with zero attached hydrogens (tertiary/aromatic N) is 2. The summed E-state index contributed by atoms with van der Waals surface area (Å²) in [6, 6.07) is 4.87. The Bertz CT molecular complexity index is 2050. The number of anilines is 2. The summed E-state index contributed by atoms with van der Waals surface area (Å²) in [5.74, 6) is -8.32. The van der Waals surface area contributed by atoms with Crippen LogP contribution in [0.25, 0.3) is 33.4 Å². The number of hydrogen-bond donors (Lipinski definition) is 8. The summed E-state index contributed by atoms with van der Waals surface area (Å²) in [5.41, 5.74) is 8.87. The molecule has 0 amide bonds. The quantitative estimate of drug-likeness (QED) is 0.0685. The van der Waals surface area contributed by atoms with E-state index in [1.165, 1.54) is 18.2 Å². The molecule has 2 aromatic carbocycles. The van der Waals surface area contributed by atoms with Gasteiger partial charge in [-0.2, -0.15) is 0 Å². The highest BCUT2D eigenvalue weighted by atomic mass is 35.5. The number of fused-ring (bicyclic) bond motifs is 2. The molecule has 10 N–H and O–H groups in total. The first-order valence-corrected chi connectivity index (χ1v) is 14.5. The van der Waals surface area contributed by atoms with Gasteiger partial charge >= 0.3 is 29.8 Å². The van der Waals surface area contributed by atoms with E-state index in [1.807, 2.05) is 0 Å². The Kier molecular flexibility index (Phi) is 10.5. The maximum atomic E-state index is 13.5. The van der Waals surface area contributed by atoms with Crippen molar-refractivity contribution in [2.45, 2.75) is 13.1 Å². The summed E-state index contributed by atoms with van der Waals surface area (Å²) in [6.45, 7) is -4.65. The number of carbonyl (C=O) groups is 5. The number of phenols is 1. The molecule has 1 aliphatic carbocycles. The van der Waals surface area contributed by atoms with Gasteiger partial charge in [-0.25, -0.2) is 4.79 Å². The highest BCUT2D eigenvalue weighted by Crippen LogP contribution is 2.48. The molecule has 19 heteroatoms. The lowest BCUT2D eigenvalue weighted by Crippen LogP contribution is -2.35. The molecule has 0 fully saturated rings. The van der Waals surface area contributed by atoms with Crippen molar-refractivity contribution in [2.75, 3.05) is 37.6 Å². The molecule has 0 bridgehead atoms. The summed E-state index contributed by atoms with van der Waals surface area (Å²) >= 11 is 12.8. The van der Waals surface area contributed by atoms with E-state index in [9.17, 15) is 59.4 Å². The van der Waals surface area contributed by atoms with Crippen LogP contribution in [0.1, 0.15) is 21.5 Å². The van der Waals surface area contributed by atoms with Gasteiger partial charge in [-0.05, 0) is 23.8 Å². The molecule has 2 aromatic rings. The van der Waals surface area contributed by atoms with Gasteiger partial charge in [-0.3, -0.25) is 33.8 Å². The molecular weight excluding hydrogens is 695 g/mol. The van der Waals surface area contributed by atoms with E-state index in [2.05, 4.69) is 0 Å². The van der Waals surface area contributed by atoms with Gasteiger partial charge in [0, 0.05) is 29.6 Å². The molecule has 4 rings (SSSR count). The van der Waals surface area contributed by atoms with Crippen molar-refractivity contribution in [3.63, 3.8) is 0 Å².